The van der Waals surface area contributed by atoms with Gasteiger partial charge in [0, 0.05) is 24.1 Å². The Kier molecular flexibility index (Phi) is 4.60. The van der Waals surface area contributed by atoms with Gasteiger partial charge in [-0.1, -0.05) is 6.42 Å². The SMILES string of the molecule is COc1ccc(CNc2ncnc(C3CCC3)c2F)c(OC)c1. The molecule has 0 bridgehead atoms. The van der Waals surface area contributed by atoms with E-state index in [4.69, 9.17) is 9.47 Å². The van der Waals surface area contributed by atoms with E-state index in [2.05, 4.69) is 15.3 Å². The number of halogens is 1. The fourth-order valence-corrected chi connectivity index (χ4v) is 2.65. The van der Waals surface area contributed by atoms with Crippen LogP contribution in [0.25, 0.3) is 0 Å². The van der Waals surface area contributed by atoms with Crippen molar-refractivity contribution < 1.29 is 13.9 Å². The van der Waals surface area contributed by atoms with Crippen molar-refractivity contribution in [1.82, 2.24) is 9.97 Å². The first-order valence-electron chi connectivity index (χ1n) is 7.68. The van der Waals surface area contributed by atoms with Crippen molar-refractivity contribution in [2.75, 3.05) is 19.5 Å². The standard InChI is InChI=1S/C17H20FN3O2/c1-22-13-7-6-12(14(8-13)23-2)9-19-17-15(18)16(20-10-21-17)11-4-3-5-11/h6-8,10-11H,3-5,9H2,1-2H3,(H,19,20,21). The number of aromatic nitrogens is 2. The Hall–Kier alpha value is -2.37. The van der Waals surface area contributed by atoms with Crippen molar-refractivity contribution >= 4 is 5.82 Å². The highest BCUT2D eigenvalue weighted by Crippen LogP contribution is 2.37. The number of rotatable bonds is 6. The average molecular weight is 317 g/mol. The lowest BCUT2D eigenvalue weighted by Gasteiger charge is -2.25. The van der Waals surface area contributed by atoms with Gasteiger partial charge in [0.2, 0.25) is 0 Å². The van der Waals surface area contributed by atoms with Gasteiger partial charge in [0.05, 0.1) is 19.9 Å². The molecule has 1 aromatic heterocycles. The average Bonchev–Trinajstić information content (AvgIpc) is 2.54. The molecule has 1 aliphatic carbocycles. The van der Waals surface area contributed by atoms with Crippen LogP contribution in [0.4, 0.5) is 10.2 Å². The molecule has 0 amide bonds. The van der Waals surface area contributed by atoms with Crippen LogP contribution in [0, 0.1) is 5.82 Å². The van der Waals surface area contributed by atoms with Crippen molar-refractivity contribution in [3.63, 3.8) is 0 Å². The van der Waals surface area contributed by atoms with Crippen LogP contribution in [-0.2, 0) is 6.54 Å². The molecule has 0 radical (unpaired) electrons. The number of methoxy groups -OCH3 is 2. The summed E-state index contributed by atoms with van der Waals surface area (Å²) >= 11 is 0. The minimum atomic E-state index is -0.343. The van der Waals surface area contributed by atoms with Crippen LogP contribution in [0.3, 0.4) is 0 Å². The van der Waals surface area contributed by atoms with E-state index in [1.54, 1.807) is 20.3 Å². The summed E-state index contributed by atoms with van der Waals surface area (Å²) in [7, 11) is 3.20. The van der Waals surface area contributed by atoms with Gasteiger partial charge in [-0.25, -0.2) is 14.4 Å². The minimum Gasteiger partial charge on any atom is -0.497 e. The van der Waals surface area contributed by atoms with Gasteiger partial charge in [0.25, 0.3) is 0 Å². The zero-order chi connectivity index (χ0) is 16.2. The van der Waals surface area contributed by atoms with E-state index in [0.29, 0.717) is 23.7 Å². The maximum atomic E-state index is 14.5. The van der Waals surface area contributed by atoms with Crippen molar-refractivity contribution in [3.8, 4) is 11.5 Å². The van der Waals surface area contributed by atoms with E-state index < -0.39 is 0 Å². The molecular formula is C17H20FN3O2. The number of nitrogens with zero attached hydrogens (tertiary/aromatic N) is 2. The van der Waals surface area contributed by atoms with E-state index in [-0.39, 0.29) is 17.6 Å². The first-order chi connectivity index (χ1) is 11.2. The molecule has 0 aliphatic heterocycles. The second kappa shape index (κ2) is 6.81. The van der Waals surface area contributed by atoms with Gasteiger partial charge in [-0.3, -0.25) is 0 Å². The smallest absolute Gasteiger partial charge is 0.187 e. The van der Waals surface area contributed by atoms with Gasteiger partial charge in [0.15, 0.2) is 11.6 Å². The summed E-state index contributed by atoms with van der Waals surface area (Å²) in [5.74, 6) is 1.52. The topological polar surface area (TPSA) is 56.3 Å². The second-order valence-corrected chi connectivity index (χ2v) is 5.58. The van der Waals surface area contributed by atoms with Gasteiger partial charge >= 0.3 is 0 Å². The molecule has 0 unspecified atom stereocenters. The fraction of sp³-hybridized carbons (Fsp3) is 0.412. The highest BCUT2D eigenvalue weighted by molar-refractivity contribution is 5.45. The molecular weight excluding hydrogens is 297 g/mol. The molecule has 0 spiro atoms. The molecule has 6 heteroatoms. The monoisotopic (exact) mass is 317 g/mol. The number of anilines is 1. The fourth-order valence-electron chi connectivity index (χ4n) is 2.65. The maximum Gasteiger partial charge on any atom is 0.187 e. The van der Waals surface area contributed by atoms with Crippen LogP contribution < -0.4 is 14.8 Å². The molecule has 0 saturated heterocycles. The Balaban J connectivity index is 1.76. The van der Waals surface area contributed by atoms with Crippen LogP contribution in [-0.4, -0.2) is 24.2 Å². The van der Waals surface area contributed by atoms with Crippen molar-refractivity contribution in [2.45, 2.75) is 31.7 Å². The Morgan fingerprint density at radius 1 is 1.22 bits per heavy atom. The third-order valence-corrected chi connectivity index (χ3v) is 4.25. The van der Waals surface area contributed by atoms with Crippen molar-refractivity contribution in [3.05, 3.63) is 41.6 Å². The quantitative estimate of drug-likeness (QED) is 0.883. The number of ether oxygens (including phenoxy) is 2. The molecule has 1 heterocycles. The summed E-state index contributed by atoms with van der Waals surface area (Å²) in [4.78, 5) is 8.13. The van der Waals surface area contributed by atoms with Gasteiger partial charge in [-0.05, 0) is 25.0 Å². The molecule has 122 valence electrons. The van der Waals surface area contributed by atoms with Gasteiger partial charge in [-0.2, -0.15) is 0 Å². The minimum absolute atomic E-state index is 0.231. The molecule has 0 atom stereocenters. The van der Waals surface area contributed by atoms with E-state index in [1.807, 2.05) is 12.1 Å². The van der Waals surface area contributed by atoms with Crippen LogP contribution in [0.5, 0.6) is 11.5 Å². The maximum absolute atomic E-state index is 14.5. The van der Waals surface area contributed by atoms with E-state index in [1.165, 1.54) is 6.33 Å². The normalized spacial score (nSPS) is 14.2. The van der Waals surface area contributed by atoms with Gasteiger partial charge in [0.1, 0.15) is 17.8 Å². The predicted molar refractivity (Wildman–Crippen MR) is 85.5 cm³/mol. The third kappa shape index (κ3) is 3.21. The molecule has 2 aromatic rings. The Morgan fingerprint density at radius 3 is 2.70 bits per heavy atom. The van der Waals surface area contributed by atoms with Crippen molar-refractivity contribution in [1.29, 1.82) is 0 Å². The van der Waals surface area contributed by atoms with E-state index in [0.717, 1.165) is 24.8 Å². The molecule has 1 fully saturated rings. The van der Waals surface area contributed by atoms with Crippen LogP contribution in [0.2, 0.25) is 0 Å². The first-order valence-corrected chi connectivity index (χ1v) is 7.68. The lowest BCUT2D eigenvalue weighted by atomic mass is 9.82. The summed E-state index contributed by atoms with van der Waals surface area (Å²) in [6.07, 6.45) is 4.56. The van der Waals surface area contributed by atoms with Gasteiger partial charge < -0.3 is 14.8 Å². The highest BCUT2D eigenvalue weighted by Gasteiger charge is 2.25. The molecule has 23 heavy (non-hydrogen) atoms. The summed E-state index contributed by atoms with van der Waals surface area (Å²) in [5.41, 5.74) is 1.42. The number of benzene rings is 1. The molecule has 5 nitrogen and oxygen atoms in total. The summed E-state index contributed by atoms with van der Waals surface area (Å²) in [6, 6.07) is 5.53. The second-order valence-electron chi connectivity index (χ2n) is 5.58. The number of nitrogens with one attached hydrogen (secondary N) is 1. The zero-order valence-electron chi connectivity index (χ0n) is 13.3. The lowest BCUT2D eigenvalue weighted by molar-refractivity contribution is 0.391. The molecule has 1 aromatic carbocycles. The lowest BCUT2D eigenvalue weighted by Crippen LogP contribution is -2.15. The Labute approximate surface area is 134 Å². The summed E-state index contributed by atoms with van der Waals surface area (Å²) in [5, 5.41) is 3.04. The Bertz CT molecular complexity index is 690. The zero-order valence-corrected chi connectivity index (χ0v) is 13.3. The van der Waals surface area contributed by atoms with Gasteiger partial charge in [-0.15, -0.1) is 0 Å². The van der Waals surface area contributed by atoms with Crippen LogP contribution in [0.1, 0.15) is 36.4 Å². The largest absolute Gasteiger partial charge is 0.497 e. The first kappa shape index (κ1) is 15.5. The number of hydrogen-bond acceptors (Lipinski definition) is 5. The number of hydrogen-bond donors (Lipinski definition) is 1. The molecule has 1 saturated carbocycles. The van der Waals surface area contributed by atoms with Crippen LogP contribution in [0.15, 0.2) is 24.5 Å². The Morgan fingerprint density at radius 2 is 2.04 bits per heavy atom. The predicted octanol–water partition coefficient (Wildman–Crippen LogP) is 3.51. The van der Waals surface area contributed by atoms with E-state index in [9.17, 15) is 4.39 Å². The van der Waals surface area contributed by atoms with E-state index >= 15 is 0 Å². The molecule has 1 aliphatic rings. The van der Waals surface area contributed by atoms with Crippen LogP contribution >= 0.6 is 0 Å². The molecule has 1 N–H and O–H groups in total. The highest BCUT2D eigenvalue weighted by atomic mass is 19.1. The molecule has 3 rings (SSSR count). The summed E-state index contributed by atoms with van der Waals surface area (Å²) < 4.78 is 25.0. The third-order valence-electron chi connectivity index (χ3n) is 4.25. The van der Waals surface area contributed by atoms with Crippen molar-refractivity contribution in [2.24, 2.45) is 0 Å². The summed E-state index contributed by atoms with van der Waals surface area (Å²) in [6.45, 7) is 0.408.